The summed E-state index contributed by atoms with van der Waals surface area (Å²) >= 11 is 4.87. The van der Waals surface area contributed by atoms with Crippen LogP contribution in [0.2, 0.25) is 0 Å². The Bertz CT molecular complexity index is 1020. The van der Waals surface area contributed by atoms with Crippen LogP contribution < -0.4 is 11.3 Å². The molecule has 0 saturated heterocycles. The van der Waals surface area contributed by atoms with Gasteiger partial charge in [-0.15, -0.1) is 11.3 Å². The van der Waals surface area contributed by atoms with E-state index in [1.807, 2.05) is 50.4 Å². The predicted molar refractivity (Wildman–Crippen MR) is 110 cm³/mol. The van der Waals surface area contributed by atoms with Crippen LogP contribution in [-0.4, -0.2) is 15.5 Å². The summed E-state index contributed by atoms with van der Waals surface area (Å²) in [4.78, 5) is 30.8. The van der Waals surface area contributed by atoms with Crippen LogP contribution >= 0.6 is 27.3 Å². The van der Waals surface area contributed by atoms with Crippen molar-refractivity contribution in [3.05, 3.63) is 50.3 Å². The summed E-state index contributed by atoms with van der Waals surface area (Å²) < 4.78 is 2.46. The average molecular weight is 434 g/mol. The third-order valence-electron chi connectivity index (χ3n) is 4.37. The summed E-state index contributed by atoms with van der Waals surface area (Å²) in [5, 5.41) is 2.49. The van der Waals surface area contributed by atoms with E-state index in [-0.39, 0.29) is 11.5 Å². The lowest BCUT2D eigenvalue weighted by Gasteiger charge is -2.21. The second-order valence-electron chi connectivity index (χ2n) is 6.46. The van der Waals surface area contributed by atoms with Gasteiger partial charge in [-0.2, -0.15) is 0 Å². The second-order valence-corrected chi connectivity index (χ2v) is 8.24. The Kier molecular flexibility index (Phi) is 5.29. The third-order valence-corrected chi connectivity index (χ3v) is 5.77. The van der Waals surface area contributed by atoms with Gasteiger partial charge in [-0.05, 0) is 24.1 Å². The number of carbonyl (C=O) groups excluding carboxylic acids is 1. The van der Waals surface area contributed by atoms with Gasteiger partial charge in [-0.3, -0.25) is 14.2 Å². The first kappa shape index (κ1) is 18.8. The quantitative estimate of drug-likeness (QED) is 0.645. The second kappa shape index (κ2) is 7.32. The van der Waals surface area contributed by atoms with E-state index in [1.165, 1.54) is 15.9 Å². The van der Waals surface area contributed by atoms with Crippen LogP contribution in [-0.2, 0) is 4.79 Å². The van der Waals surface area contributed by atoms with E-state index in [0.717, 1.165) is 15.6 Å². The molecule has 2 N–H and O–H groups in total. The molecule has 2 aromatic heterocycles. The summed E-state index contributed by atoms with van der Waals surface area (Å²) in [6.45, 7) is 5.77. The Morgan fingerprint density at radius 2 is 1.96 bits per heavy atom. The molecule has 2 heterocycles. The molecule has 0 radical (unpaired) electrons. The molecule has 0 bridgehead atoms. The molecule has 1 atom stereocenters. The molecule has 0 aliphatic heterocycles. The van der Waals surface area contributed by atoms with Crippen LogP contribution in [0.1, 0.15) is 45.0 Å². The molecule has 3 aromatic rings. The molecule has 0 fully saturated rings. The normalized spacial score (nSPS) is 12.7. The van der Waals surface area contributed by atoms with Gasteiger partial charge in [0.25, 0.3) is 5.56 Å². The summed E-state index contributed by atoms with van der Waals surface area (Å²) in [5.74, 6) is 0.0779. The zero-order valence-corrected chi connectivity index (χ0v) is 17.2. The van der Waals surface area contributed by atoms with Crippen molar-refractivity contribution >= 4 is 43.4 Å². The lowest BCUT2D eigenvalue weighted by Crippen LogP contribution is -2.36. The Labute approximate surface area is 164 Å². The minimum Gasteiger partial charge on any atom is -0.368 e. The maximum atomic E-state index is 13.4. The number of aromatic nitrogens is 2. The molecule has 0 saturated carbocycles. The minimum absolute atomic E-state index is 0.00118. The van der Waals surface area contributed by atoms with Gasteiger partial charge in [0.2, 0.25) is 5.91 Å². The molecule has 136 valence electrons. The molecule has 3 rings (SSSR count). The molecular weight excluding hydrogens is 414 g/mol. The highest BCUT2D eigenvalue weighted by atomic mass is 79.9. The number of nitrogens with zero attached hydrogens (tertiary/aromatic N) is 2. The van der Waals surface area contributed by atoms with Crippen molar-refractivity contribution in [1.82, 2.24) is 9.55 Å². The van der Waals surface area contributed by atoms with E-state index in [2.05, 4.69) is 15.9 Å². The Hall–Kier alpha value is -1.99. The van der Waals surface area contributed by atoms with Crippen LogP contribution in [0, 0.1) is 0 Å². The number of halogens is 1. The minimum atomic E-state index is -0.700. The van der Waals surface area contributed by atoms with Gasteiger partial charge in [0, 0.05) is 21.3 Å². The fraction of sp³-hybridized carbons (Fsp3) is 0.316. The fourth-order valence-corrected chi connectivity index (χ4v) is 4.29. The molecule has 26 heavy (non-hydrogen) atoms. The lowest BCUT2D eigenvalue weighted by atomic mass is 10.1. The summed E-state index contributed by atoms with van der Waals surface area (Å²) in [6, 6.07) is 7.08. The third kappa shape index (κ3) is 3.21. The van der Waals surface area contributed by atoms with Crippen molar-refractivity contribution in [2.24, 2.45) is 5.73 Å². The van der Waals surface area contributed by atoms with Crippen molar-refractivity contribution in [2.45, 2.75) is 39.2 Å². The lowest BCUT2D eigenvalue weighted by molar-refractivity contribution is -0.121. The Morgan fingerprint density at radius 3 is 2.50 bits per heavy atom. The van der Waals surface area contributed by atoms with Gasteiger partial charge in [0.15, 0.2) is 0 Å². The van der Waals surface area contributed by atoms with Gasteiger partial charge in [-0.1, -0.05) is 48.8 Å². The van der Waals surface area contributed by atoms with Crippen LogP contribution in [0.25, 0.3) is 21.3 Å². The summed E-state index contributed by atoms with van der Waals surface area (Å²) in [5.41, 5.74) is 7.14. The number of amides is 1. The van der Waals surface area contributed by atoms with Crippen LogP contribution in [0.5, 0.6) is 0 Å². The molecule has 1 aromatic carbocycles. The number of benzene rings is 1. The summed E-state index contributed by atoms with van der Waals surface area (Å²) in [6.07, 6.45) is 0.444. The van der Waals surface area contributed by atoms with Crippen LogP contribution in [0.4, 0.5) is 0 Å². The SMILES string of the molecule is CCC(C(N)=O)n1c(C(C)C)nc2scc(-c3ccc(Br)cc3)c2c1=O. The monoisotopic (exact) mass is 433 g/mol. The fourth-order valence-electron chi connectivity index (χ4n) is 3.08. The molecular formula is C19H20BrN3O2S. The first-order valence-electron chi connectivity index (χ1n) is 8.44. The van der Waals surface area contributed by atoms with Gasteiger partial charge < -0.3 is 5.73 Å². The molecule has 7 heteroatoms. The van der Waals surface area contributed by atoms with E-state index < -0.39 is 11.9 Å². The van der Waals surface area contributed by atoms with Crippen molar-refractivity contribution in [3.63, 3.8) is 0 Å². The van der Waals surface area contributed by atoms with Crippen LogP contribution in [0.3, 0.4) is 0 Å². The van der Waals surface area contributed by atoms with Crippen molar-refractivity contribution in [2.75, 3.05) is 0 Å². The number of rotatable bonds is 5. The maximum absolute atomic E-state index is 13.4. The molecule has 5 nitrogen and oxygen atoms in total. The number of primary amides is 1. The number of thiophene rings is 1. The van der Waals surface area contributed by atoms with E-state index in [1.54, 1.807) is 0 Å². The topological polar surface area (TPSA) is 78.0 Å². The zero-order chi connectivity index (χ0) is 19.0. The largest absolute Gasteiger partial charge is 0.368 e. The van der Waals surface area contributed by atoms with Crippen LogP contribution in [0.15, 0.2) is 38.9 Å². The number of hydrogen-bond acceptors (Lipinski definition) is 4. The van der Waals surface area contributed by atoms with Crippen molar-refractivity contribution in [1.29, 1.82) is 0 Å². The van der Waals surface area contributed by atoms with Crippen molar-refractivity contribution < 1.29 is 4.79 Å². The van der Waals surface area contributed by atoms with Crippen molar-refractivity contribution in [3.8, 4) is 11.1 Å². The first-order chi connectivity index (χ1) is 12.3. The standard InChI is InChI=1S/C19H20BrN3O2S/c1-4-14(16(21)24)23-17(10(2)3)22-18-15(19(23)25)13(9-26-18)11-5-7-12(20)8-6-11/h5-10,14H,4H2,1-3H3,(H2,21,24). The van der Waals surface area contributed by atoms with E-state index in [4.69, 9.17) is 10.7 Å². The number of carbonyl (C=O) groups is 1. The Morgan fingerprint density at radius 1 is 1.31 bits per heavy atom. The zero-order valence-electron chi connectivity index (χ0n) is 14.8. The van der Waals surface area contributed by atoms with E-state index in [0.29, 0.717) is 22.5 Å². The highest BCUT2D eigenvalue weighted by Gasteiger charge is 2.25. The molecule has 1 unspecified atom stereocenters. The molecule has 1 amide bonds. The molecule has 0 spiro atoms. The van der Waals surface area contributed by atoms with Gasteiger partial charge in [0.1, 0.15) is 16.7 Å². The maximum Gasteiger partial charge on any atom is 0.263 e. The van der Waals surface area contributed by atoms with Gasteiger partial charge in [0.05, 0.1) is 5.39 Å². The number of nitrogens with two attached hydrogens (primary N) is 1. The molecule has 0 aliphatic rings. The highest BCUT2D eigenvalue weighted by Crippen LogP contribution is 2.33. The summed E-state index contributed by atoms with van der Waals surface area (Å²) in [7, 11) is 0. The smallest absolute Gasteiger partial charge is 0.263 e. The average Bonchev–Trinajstić information content (AvgIpc) is 3.01. The number of hydrogen-bond donors (Lipinski definition) is 1. The van der Waals surface area contributed by atoms with E-state index >= 15 is 0 Å². The Balaban J connectivity index is 2.35. The van der Waals surface area contributed by atoms with Gasteiger partial charge in [-0.25, -0.2) is 4.98 Å². The first-order valence-corrected chi connectivity index (χ1v) is 10.1. The van der Waals surface area contributed by atoms with Gasteiger partial charge >= 0.3 is 0 Å². The predicted octanol–water partition coefficient (Wildman–Crippen LogP) is 4.45. The number of fused-ring (bicyclic) bond motifs is 1. The van der Waals surface area contributed by atoms with E-state index in [9.17, 15) is 9.59 Å². The molecule has 0 aliphatic carbocycles. The highest BCUT2D eigenvalue weighted by molar-refractivity contribution is 9.10.